The van der Waals surface area contributed by atoms with E-state index >= 15 is 0 Å². The number of hydrogen-bond donors (Lipinski definition) is 1. The van der Waals surface area contributed by atoms with Gasteiger partial charge >= 0.3 is 0 Å². The maximum Gasteiger partial charge on any atom is 0.236 e. The summed E-state index contributed by atoms with van der Waals surface area (Å²) in [5.41, 5.74) is 0. The normalized spacial score (nSPS) is 24.6. The van der Waals surface area contributed by atoms with E-state index in [1.54, 1.807) is 7.11 Å². The Morgan fingerprint density at radius 3 is 2.74 bits per heavy atom. The third-order valence-corrected chi connectivity index (χ3v) is 4.07. The fraction of sp³-hybridized carbons (Fsp3) is 0.933. The number of amides is 1. The molecule has 1 saturated heterocycles. The second-order valence-electron chi connectivity index (χ2n) is 6.04. The van der Waals surface area contributed by atoms with Gasteiger partial charge in [0.1, 0.15) is 0 Å². The molecule has 112 valence electrons. The predicted molar refractivity (Wildman–Crippen MR) is 78.1 cm³/mol. The Kier molecular flexibility index (Phi) is 7.39. The Hall–Kier alpha value is -0.610. The van der Waals surface area contributed by atoms with Crippen molar-refractivity contribution >= 4 is 5.91 Å². The van der Waals surface area contributed by atoms with Crippen LogP contribution in [0, 0.1) is 11.8 Å². The van der Waals surface area contributed by atoms with Gasteiger partial charge in [0, 0.05) is 26.2 Å². The molecule has 0 bridgehead atoms. The largest absolute Gasteiger partial charge is 0.383 e. The zero-order valence-electron chi connectivity index (χ0n) is 12.9. The number of ether oxygens (including phenoxy) is 1. The molecule has 0 radical (unpaired) electrons. The molecule has 1 amide bonds. The molecule has 1 aliphatic rings. The van der Waals surface area contributed by atoms with Crippen LogP contribution in [-0.4, -0.2) is 50.2 Å². The zero-order chi connectivity index (χ0) is 14.3. The Labute approximate surface area is 117 Å². The van der Waals surface area contributed by atoms with Gasteiger partial charge in [-0.1, -0.05) is 20.8 Å². The first kappa shape index (κ1) is 16.4. The van der Waals surface area contributed by atoms with E-state index in [-0.39, 0.29) is 5.91 Å². The van der Waals surface area contributed by atoms with Crippen LogP contribution in [-0.2, 0) is 9.53 Å². The molecule has 1 fully saturated rings. The third-order valence-electron chi connectivity index (χ3n) is 4.07. The standard InChI is InChI=1S/C15H30N2O2/c1-12(2)14-6-5-13(3)7-9-17(14)15(18)11-16-8-10-19-4/h12-14,16H,5-11H2,1-4H3/t13-,14-/m0/s1. The molecular formula is C15H30N2O2. The predicted octanol–water partition coefficient (Wildman–Crippen LogP) is 1.90. The van der Waals surface area contributed by atoms with Gasteiger partial charge in [-0.05, 0) is 31.1 Å². The van der Waals surface area contributed by atoms with Crippen molar-refractivity contribution in [3.8, 4) is 0 Å². The average Bonchev–Trinajstić information content (AvgIpc) is 2.56. The van der Waals surface area contributed by atoms with Crippen LogP contribution in [0.2, 0.25) is 0 Å². The molecule has 4 nitrogen and oxygen atoms in total. The highest BCUT2D eigenvalue weighted by Crippen LogP contribution is 2.25. The molecule has 0 saturated carbocycles. The molecule has 0 aromatic rings. The monoisotopic (exact) mass is 270 g/mol. The van der Waals surface area contributed by atoms with E-state index in [0.29, 0.717) is 25.1 Å². The van der Waals surface area contributed by atoms with Crippen LogP contribution < -0.4 is 5.32 Å². The number of carbonyl (C=O) groups excluding carboxylic acids is 1. The van der Waals surface area contributed by atoms with Gasteiger partial charge in [-0.15, -0.1) is 0 Å². The zero-order valence-corrected chi connectivity index (χ0v) is 12.9. The quantitative estimate of drug-likeness (QED) is 0.750. The Morgan fingerprint density at radius 2 is 2.11 bits per heavy atom. The number of hydrogen-bond acceptors (Lipinski definition) is 3. The van der Waals surface area contributed by atoms with Crippen molar-refractivity contribution < 1.29 is 9.53 Å². The minimum atomic E-state index is 0.240. The molecule has 1 rings (SSSR count). The minimum absolute atomic E-state index is 0.240. The number of methoxy groups -OCH3 is 1. The molecule has 0 aromatic carbocycles. The SMILES string of the molecule is COCCNCC(=O)N1CC[C@@H](C)CC[C@H]1C(C)C. The number of nitrogens with zero attached hydrogens (tertiary/aromatic N) is 1. The van der Waals surface area contributed by atoms with Crippen LogP contribution in [0.15, 0.2) is 0 Å². The molecule has 19 heavy (non-hydrogen) atoms. The summed E-state index contributed by atoms with van der Waals surface area (Å²) in [6.45, 7) is 9.47. The van der Waals surface area contributed by atoms with E-state index in [1.165, 1.54) is 6.42 Å². The van der Waals surface area contributed by atoms with Gasteiger partial charge in [-0.25, -0.2) is 0 Å². The first-order chi connectivity index (χ1) is 9.06. The van der Waals surface area contributed by atoms with Gasteiger partial charge in [0.05, 0.1) is 13.2 Å². The fourth-order valence-electron chi connectivity index (χ4n) is 2.75. The number of nitrogens with one attached hydrogen (secondary N) is 1. The molecule has 0 aliphatic carbocycles. The molecule has 1 N–H and O–H groups in total. The lowest BCUT2D eigenvalue weighted by atomic mass is 9.95. The Bertz CT molecular complexity index is 269. The van der Waals surface area contributed by atoms with Crippen molar-refractivity contribution in [3.63, 3.8) is 0 Å². The number of rotatable bonds is 6. The van der Waals surface area contributed by atoms with Gasteiger partial charge in [0.25, 0.3) is 0 Å². The van der Waals surface area contributed by atoms with Crippen molar-refractivity contribution in [2.24, 2.45) is 11.8 Å². The van der Waals surface area contributed by atoms with Gasteiger partial charge in [0.15, 0.2) is 0 Å². The molecule has 1 aliphatic heterocycles. The van der Waals surface area contributed by atoms with Gasteiger partial charge < -0.3 is 15.0 Å². The van der Waals surface area contributed by atoms with Gasteiger partial charge in [-0.3, -0.25) is 4.79 Å². The van der Waals surface area contributed by atoms with E-state index in [1.807, 2.05) is 0 Å². The fourth-order valence-corrected chi connectivity index (χ4v) is 2.75. The lowest BCUT2D eigenvalue weighted by Gasteiger charge is -2.33. The average molecular weight is 270 g/mol. The second kappa shape index (κ2) is 8.54. The summed E-state index contributed by atoms with van der Waals surface area (Å²) < 4.78 is 4.98. The van der Waals surface area contributed by atoms with Crippen LogP contribution in [0.4, 0.5) is 0 Å². The summed E-state index contributed by atoms with van der Waals surface area (Å²) in [7, 11) is 1.68. The van der Waals surface area contributed by atoms with Crippen molar-refractivity contribution in [1.82, 2.24) is 10.2 Å². The van der Waals surface area contributed by atoms with Crippen molar-refractivity contribution in [2.75, 3.05) is 33.4 Å². The van der Waals surface area contributed by atoms with E-state index in [9.17, 15) is 4.79 Å². The van der Waals surface area contributed by atoms with E-state index in [4.69, 9.17) is 4.74 Å². The topological polar surface area (TPSA) is 41.6 Å². The van der Waals surface area contributed by atoms with E-state index in [0.717, 1.165) is 31.8 Å². The van der Waals surface area contributed by atoms with E-state index < -0.39 is 0 Å². The smallest absolute Gasteiger partial charge is 0.236 e. The molecule has 0 spiro atoms. The minimum Gasteiger partial charge on any atom is -0.383 e. The molecule has 4 heteroatoms. The summed E-state index contributed by atoms with van der Waals surface area (Å²) in [6, 6.07) is 0.404. The molecule has 1 heterocycles. The summed E-state index contributed by atoms with van der Waals surface area (Å²) in [5, 5.41) is 3.16. The lowest BCUT2D eigenvalue weighted by Crippen LogP contribution is -2.46. The maximum absolute atomic E-state index is 12.4. The Morgan fingerprint density at radius 1 is 1.37 bits per heavy atom. The lowest BCUT2D eigenvalue weighted by molar-refractivity contribution is -0.133. The van der Waals surface area contributed by atoms with Gasteiger partial charge in [-0.2, -0.15) is 0 Å². The van der Waals surface area contributed by atoms with Crippen LogP contribution >= 0.6 is 0 Å². The highest BCUT2D eigenvalue weighted by atomic mass is 16.5. The maximum atomic E-state index is 12.4. The van der Waals surface area contributed by atoms with Crippen molar-refractivity contribution in [2.45, 2.75) is 46.1 Å². The molecule has 0 unspecified atom stereocenters. The highest BCUT2D eigenvalue weighted by Gasteiger charge is 2.28. The van der Waals surface area contributed by atoms with Crippen molar-refractivity contribution in [1.29, 1.82) is 0 Å². The molecular weight excluding hydrogens is 240 g/mol. The van der Waals surface area contributed by atoms with Gasteiger partial charge in [0.2, 0.25) is 5.91 Å². The first-order valence-electron chi connectivity index (χ1n) is 7.55. The van der Waals surface area contributed by atoms with Crippen LogP contribution in [0.25, 0.3) is 0 Å². The first-order valence-corrected chi connectivity index (χ1v) is 7.55. The van der Waals surface area contributed by atoms with Crippen LogP contribution in [0.3, 0.4) is 0 Å². The molecule has 0 aromatic heterocycles. The second-order valence-corrected chi connectivity index (χ2v) is 6.04. The number of carbonyl (C=O) groups is 1. The third kappa shape index (κ3) is 5.49. The van der Waals surface area contributed by atoms with Crippen molar-refractivity contribution in [3.05, 3.63) is 0 Å². The number of likely N-dealkylation sites (tertiary alicyclic amines) is 1. The summed E-state index contributed by atoms with van der Waals surface area (Å²) in [4.78, 5) is 14.5. The Balaban J connectivity index is 2.51. The molecule has 2 atom stereocenters. The summed E-state index contributed by atoms with van der Waals surface area (Å²) in [6.07, 6.45) is 3.51. The highest BCUT2D eigenvalue weighted by molar-refractivity contribution is 5.78. The van der Waals surface area contributed by atoms with Crippen LogP contribution in [0.1, 0.15) is 40.0 Å². The van der Waals surface area contributed by atoms with Crippen LogP contribution in [0.5, 0.6) is 0 Å². The van der Waals surface area contributed by atoms with E-state index in [2.05, 4.69) is 31.0 Å². The summed E-state index contributed by atoms with van der Waals surface area (Å²) in [5.74, 6) is 1.51. The summed E-state index contributed by atoms with van der Waals surface area (Å²) >= 11 is 0.